The minimum absolute atomic E-state index is 0.0135. The van der Waals surface area contributed by atoms with Crippen LogP contribution in [0.25, 0.3) is 0 Å². The van der Waals surface area contributed by atoms with Crippen LogP contribution in [0.1, 0.15) is 182 Å². The van der Waals surface area contributed by atoms with Gasteiger partial charge in [-0.2, -0.15) is 13.2 Å². The van der Waals surface area contributed by atoms with Gasteiger partial charge in [0.15, 0.2) is 0 Å². The number of halogens is 4. The topological polar surface area (TPSA) is 282 Å². The third-order valence-corrected chi connectivity index (χ3v) is 23.2. The summed E-state index contributed by atoms with van der Waals surface area (Å²) in [7, 11) is 11.3. The summed E-state index contributed by atoms with van der Waals surface area (Å²) < 4.78 is 42.2. The molecule has 3 aliphatic carbocycles. The Kier molecular flexibility index (Phi) is 30.8. The van der Waals surface area contributed by atoms with Gasteiger partial charge in [0.2, 0.25) is 70.9 Å². The summed E-state index contributed by atoms with van der Waals surface area (Å²) in [5.41, 5.74) is -1.60. The summed E-state index contributed by atoms with van der Waals surface area (Å²) in [5, 5.41) is 10.9. The van der Waals surface area contributed by atoms with Gasteiger partial charge in [0.05, 0.1) is 32.0 Å². The van der Waals surface area contributed by atoms with Gasteiger partial charge in [-0.3, -0.25) is 57.5 Å². The van der Waals surface area contributed by atoms with Crippen LogP contribution >= 0.6 is 11.6 Å². The molecule has 0 radical (unpaired) electrons. The molecule has 4 unspecified atom stereocenters. The van der Waals surface area contributed by atoms with Gasteiger partial charge in [-0.15, -0.1) is 11.6 Å². The van der Waals surface area contributed by atoms with Crippen molar-refractivity contribution in [2.75, 3.05) is 102 Å². The second-order valence-corrected chi connectivity index (χ2v) is 30.9. The molecule has 0 bridgehead atoms. The molecule has 0 aromatic rings. The monoisotopic (exact) mass is 1440 g/mol. The molecule has 0 aromatic carbocycles. The van der Waals surface area contributed by atoms with Gasteiger partial charge < -0.3 is 65.4 Å². The van der Waals surface area contributed by atoms with E-state index in [2.05, 4.69) is 21.3 Å². The van der Waals surface area contributed by atoms with E-state index in [1.165, 1.54) is 82.9 Å². The lowest BCUT2D eigenvalue weighted by molar-refractivity contribution is -0.182. The molecule has 6 aliphatic rings. The highest BCUT2D eigenvalue weighted by atomic mass is 35.5. The van der Waals surface area contributed by atoms with E-state index in [0.29, 0.717) is 58.2 Å². The summed E-state index contributed by atoms with van der Waals surface area (Å²) in [6.45, 7) is 8.80. The normalized spacial score (nSPS) is 30.1. The fourth-order valence-electron chi connectivity index (χ4n) is 15.7. The van der Waals surface area contributed by atoms with Crippen molar-refractivity contribution < 1.29 is 70.7 Å². The van der Waals surface area contributed by atoms with Gasteiger partial charge in [0.25, 0.3) is 0 Å². The minimum atomic E-state index is -4.52. The number of nitrogens with one attached hydrogen (secondary N) is 4. The van der Waals surface area contributed by atoms with E-state index in [1.807, 2.05) is 6.92 Å². The predicted molar refractivity (Wildman–Crippen MR) is 371 cm³/mol. The SMILES string of the molecule is CC[C@H](C)[C@@H]1NC(=O)[C@H](C)N(C)C(=O)C[C@@H](C(=O)N2CCCCC2)N(C)C(=O)[C@H](C(C)C)N(C)C(=O)C2(CCCC2)NC(=O)[C@H](CC2CCCNC2)N(C)C(=O)[C@H](CCC2CCC(C(F)(F)F)C(Cl)C2)NC(=O)CN(C)C(=O)[C@H](CC2CCCCC2)N(C)C(=O)CN(C)C(=O)CN(C)C1=O. The van der Waals surface area contributed by atoms with Gasteiger partial charge in [0.1, 0.15) is 47.8 Å². The first-order chi connectivity index (χ1) is 47.0. The van der Waals surface area contributed by atoms with Crippen molar-refractivity contribution in [2.24, 2.45) is 35.5 Å². The Balaban J connectivity index is 1.42. The number of alkyl halides is 4. The van der Waals surface area contributed by atoms with Crippen LogP contribution in [0.3, 0.4) is 0 Å². The van der Waals surface area contributed by atoms with E-state index in [-0.39, 0.29) is 75.5 Å². The van der Waals surface area contributed by atoms with Gasteiger partial charge in [-0.1, -0.05) is 79.1 Å². The van der Waals surface area contributed by atoms with Crippen LogP contribution in [0.15, 0.2) is 0 Å². The lowest BCUT2D eigenvalue weighted by Crippen LogP contribution is -2.65. The number of hydrogen-bond acceptors (Lipinski definition) is 13. The van der Waals surface area contributed by atoms with Crippen LogP contribution in [0.5, 0.6) is 0 Å². The summed E-state index contributed by atoms with van der Waals surface area (Å²) >= 11 is 6.43. The van der Waals surface area contributed by atoms with Gasteiger partial charge in [-0.05, 0) is 139 Å². The zero-order valence-corrected chi connectivity index (χ0v) is 62.5. The number of amides is 12. The molecular formula is C71H117ClF3N13O12. The van der Waals surface area contributed by atoms with E-state index in [9.17, 15) is 51.5 Å². The maximum atomic E-state index is 15.6. The minimum Gasteiger partial charge on any atom is -0.343 e. The average molecular weight is 1440 g/mol. The summed E-state index contributed by atoms with van der Waals surface area (Å²) in [6, 6.07) is -8.88. The quantitative estimate of drug-likeness (QED) is 0.203. The second-order valence-electron chi connectivity index (χ2n) is 30.3. The molecular weight excluding hydrogens is 1320 g/mol. The van der Waals surface area contributed by atoms with E-state index in [1.54, 1.807) is 25.7 Å². The maximum Gasteiger partial charge on any atom is 0.393 e. The van der Waals surface area contributed by atoms with Crippen molar-refractivity contribution in [3.8, 4) is 0 Å². The fourth-order valence-corrected chi connectivity index (χ4v) is 16.2. The molecule has 29 heteroatoms. The lowest BCUT2D eigenvalue weighted by Gasteiger charge is -2.42. The molecule has 25 nitrogen and oxygen atoms in total. The number of likely N-dealkylation sites (N-methyl/N-ethyl adjacent to an activating group) is 8. The molecule has 1 spiro atoms. The molecule has 6 fully saturated rings. The Morgan fingerprint density at radius 3 is 1.78 bits per heavy atom. The first-order valence-corrected chi connectivity index (χ1v) is 37.1. The molecule has 3 saturated heterocycles. The smallest absolute Gasteiger partial charge is 0.343 e. The van der Waals surface area contributed by atoms with Crippen LogP contribution in [0, 0.1) is 35.5 Å². The van der Waals surface area contributed by atoms with Crippen LogP contribution in [-0.4, -0.2) is 277 Å². The first kappa shape index (κ1) is 82.6. The van der Waals surface area contributed by atoms with Crippen molar-refractivity contribution in [1.29, 1.82) is 0 Å². The van der Waals surface area contributed by atoms with E-state index < -0.39 is 174 Å². The standard InChI is InChI=1S/C71H117ClF3N13O12/c1-14-45(4)60-67(98)82(8)42-58(91)80(6)43-59(92)84(10)54(37-47-24-17-15-18-25-47)65(96)81(7)41-56(89)77-52(30-28-48-27-29-50(51(72)36-48)71(73,74)75)64(95)85(11)53(38-49-26-23-33-76-40-49)63(94)79-70(31-19-20-32-70)69(100)87(13)61(44(2)3)68(99)86(12)55(66(97)88-34-21-16-22-35-88)39-57(90)83(9)46(5)62(93)78-60/h44-55,60-61,76H,14-43H2,1-13H3,(H,77,89)(H,78,93)(H,79,94)/t45-,46-,48?,49?,50?,51?,52-,53-,54-,55-,60-,61-/m0/s1. The van der Waals surface area contributed by atoms with Gasteiger partial charge in [-0.25, -0.2) is 0 Å². The number of hydrogen-bond donors (Lipinski definition) is 4. The lowest BCUT2D eigenvalue weighted by atomic mass is 9.78. The molecule has 12 atom stereocenters. The molecule has 3 heterocycles. The Bertz CT molecular complexity index is 2870. The third-order valence-electron chi connectivity index (χ3n) is 22.7. The van der Waals surface area contributed by atoms with Crippen LogP contribution < -0.4 is 21.3 Å². The zero-order valence-electron chi connectivity index (χ0n) is 61.7. The molecule has 6 rings (SSSR count). The summed E-state index contributed by atoms with van der Waals surface area (Å²) in [4.78, 5) is 189. The van der Waals surface area contributed by atoms with Crippen LogP contribution in [0.2, 0.25) is 0 Å². The third kappa shape index (κ3) is 21.4. The Morgan fingerprint density at radius 2 is 1.19 bits per heavy atom. The number of carbonyl (C=O) groups excluding carboxylic acids is 12. The molecule has 3 aliphatic heterocycles. The van der Waals surface area contributed by atoms with Gasteiger partial charge in [0, 0.05) is 74.8 Å². The maximum absolute atomic E-state index is 15.6. The Morgan fingerprint density at radius 1 is 0.590 bits per heavy atom. The highest BCUT2D eigenvalue weighted by Crippen LogP contribution is 2.44. The largest absolute Gasteiger partial charge is 0.393 e. The predicted octanol–water partition coefficient (Wildman–Crippen LogP) is 4.76. The molecule has 4 N–H and O–H groups in total. The highest BCUT2D eigenvalue weighted by Gasteiger charge is 2.51. The molecule has 566 valence electrons. The first-order valence-electron chi connectivity index (χ1n) is 36.7. The van der Waals surface area contributed by atoms with Crippen molar-refractivity contribution in [3.05, 3.63) is 0 Å². The van der Waals surface area contributed by atoms with E-state index >= 15 is 19.2 Å². The van der Waals surface area contributed by atoms with Crippen molar-refractivity contribution in [3.63, 3.8) is 0 Å². The van der Waals surface area contributed by atoms with Crippen molar-refractivity contribution >= 4 is 82.5 Å². The van der Waals surface area contributed by atoms with Crippen molar-refractivity contribution in [1.82, 2.24) is 65.4 Å². The van der Waals surface area contributed by atoms with Crippen molar-refractivity contribution in [2.45, 2.75) is 242 Å². The second kappa shape index (κ2) is 37.2. The average Bonchev–Trinajstić information content (AvgIpc) is 1.45. The fraction of sp³-hybridized carbons (Fsp3) is 0.831. The summed E-state index contributed by atoms with van der Waals surface area (Å²) in [6.07, 6.45) is 4.97. The molecule has 12 amide bonds. The van der Waals surface area contributed by atoms with E-state index in [0.717, 1.165) is 71.1 Å². The van der Waals surface area contributed by atoms with Crippen LogP contribution in [0.4, 0.5) is 13.2 Å². The molecule has 100 heavy (non-hydrogen) atoms. The number of likely N-dealkylation sites (tertiary alicyclic amines) is 1. The van der Waals surface area contributed by atoms with Gasteiger partial charge >= 0.3 is 6.18 Å². The zero-order chi connectivity index (χ0) is 74.2. The Hall–Kier alpha value is -6.32. The number of nitrogens with zero attached hydrogens (tertiary/aromatic N) is 9. The number of piperidine rings is 2. The summed E-state index contributed by atoms with van der Waals surface area (Å²) in [5.74, 6) is -11.2. The van der Waals surface area contributed by atoms with Crippen LogP contribution in [-0.2, 0) is 57.5 Å². The molecule has 3 saturated carbocycles. The Labute approximate surface area is 595 Å². The highest BCUT2D eigenvalue weighted by molar-refractivity contribution is 6.21. The van der Waals surface area contributed by atoms with E-state index in [4.69, 9.17) is 11.6 Å². The number of carbonyl (C=O) groups is 12. The number of rotatable bonds is 11. The molecule has 0 aromatic heterocycles.